The van der Waals surface area contributed by atoms with Crippen LogP contribution in [-0.2, 0) is 4.79 Å². The number of carbonyl (C=O) groups is 1. The number of rotatable bonds is 8. The number of carbonyl (C=O) groups excluding carboxylic acids is 1. The van der Waals surface area contributed by atoms with Crippen LogP contribution in [0.15, 0.2) is 47.4 Å². The molecule has 1 amide bonds. The zero-order valence-corrected chi connectivity index (χ0v) is 17.7. The maximum absolute atomic E-state index is 13.5. The van der Waals surface area contributed by atoms with E-state index in [1.165, 1.54) is 40.1 Å². The number of nitrogens with zero attached hydrogens (tertiary/aromatic N) is 2. The average molecular weight is 421 g/mol. The number of fused-ring (bicyclic) bond motifs is 1. The number of thioether (sulfide) groups is 1. The largest absolute Gasteiger partial charge is 0.497 e. The molecule has 0 bridgehead atoms. The van der Waals surface area contributed by atoms with E-state index in [4.69, 9.17) is 4.74 Å². The Morgan fingerprint density at radius 1 is 1.25 bits per heavy atom. The van der Waals surface area contributed by atoms with Crippen LogP contribution in [0.3, 0.4) is 0 Å². The Labute approximate surface area is 172 Å². The molecule has 0 atom stereocenters. The van der Waals surface area contributed by atoms with Gasteiger partial charge in [-0.15, -0.1) is 11.8 Å². The molecule has 0 aliphatic rings. The quantitative estimate of drug-likeness (QED) is 0.570. The van der Waals surface area contributed by atoms with Crippen LogP contribution in [0.2, 0.25) is 0 Å². The molecular formula is C20H23FN3O2S2+. The van der Waals surface area contributed by atoms with Gasteiger partial charge in [-0.1, -0.05) is 11.3 Å². The van der Waals surface area contributed by atoms with Gasteiger partial charge in [0.2, 0.25) is 5.91 Å². The van der Waals surface area contributed by atoms with Gasteiger partial charge in [-0.3, -0.25) is 9.69 Å². The highest BCUT2D eigenvalue weighted by Crippen LogP contribution is 2.30. The second-order valence-electron chi connectivity index (χ2n) is 6.58. The molecule has 0 saturated heterocycles. The molecule has 0 aliphatic carbocycles. The third kappa shape index (κ3) is 5.21. The number of quaternary nitrogens is 1. The number of thiazole rings is 1. The molecule has 8 heteroatoms. The topological polar surface area (TPSA) is 46.9 Å². The second-order valence-corrected chi connectivity index (χ2v) is 8.63. The lowest BCUT2D eigenvalue weighted by atomic mass is 10.3. The number of aromatic nitrogens is 1. The number of methoxy groups -OCH3 is 1. The van der Waals surface area contributed by atoms with Crippen LogP contribution in [0.25, 0.3) is 10.2 Å². The van der Waals surface area contributed by atoms with Crippen molar-refractivity contribution < 1.29 is 18.8 Å². The smallest absolute Gasteiger partial charge is 0.239 e. The van der Waals surface area contributed by atoms with Crippen molar-refractivity contribution in [2.45, 2.75) is 4.90 Å². The number of nitrogens with one attached hydrogen (secondary N) is 1. The van der Waals surface area contributed by atoms with E-state index in [0.717, 1.165) is 21.9 Å². The molecule has 0 unspecified atom stereocenters. The average Bonchev–Trinajstić information content (AvgIpc) is 3.09. The molecule has 28 heavy (non-hydrogen) atoms. The van der Waals surface area contributed by atoms with Gasteiger partial charge >= 0.3 is 0 Å². The van der Waals surface area contributed by atoms with Gasteiger partial charge in [0.15, 0.2) is 5.13 Å². The molecule has 0 spiro atoms. The summed E-state index contributed by atoms with van der Waals surface area (Å²) in [7, 11) is 5.71. The molecule has 1 N–H and O–H groups in total. The Bertz CT molecular complexity index is 944. The number of amides is 1. The fourth-order valence-electron chi connectivity index (χ4n) is 2.56. The first-order valence-corrected chi connectivity index (χ1v) is 10.7. The summed E-state index contributed by atoms with van der Waals surface area (Å²) in [5, 5.41) is 0.613. The molecule has 3 aromatic rings. The van der Waals surface area contributed by atoms with Crippen molar-refractivity contribution in [3.05, 3.63) is 48.3 Å². The highest BCUT2D eigenvalue weighted by atomic mass is 32.2. The highest BCUT2D eigenvalue weighted by molar-refractivity contribution is 8.00. The van der Waals surface area contributed by atoms with Gasteiger partial charge in [0.25, 0.3) is 0 Å². The van der Waals surface area contributed by atoms with E-state index < -0.39 is 0 Å². The molecule has 0 aliphatic heterocycles. The van der Waals surface area contributed by atoms with Crippen molar-refractivity contribution >= 4 is 44.4 Å². The summed E-state index contributed by atoms with van der Waals surface area (Å²) < 4.78 is 19.4. The minimum Gasteiger partial charge on any atom is -0.497 e. The monoisotopic (exact) mass is 420 g/mol. The van der Waals surface area contributed by atoms with Crippen molar-refractivity contribution in [3.8, 4) is 5.75 Å². The predicted molar refractivity (Wildman–Crippen MR) is 113 cm³/mol. The van der Waals surface area contributed by atoms with Gasteiger partial charge in [0, 0.05) is 4.90 Å². The van der Waals surface area contributed by atoms with Crippen LogP contribution >= 0.6 is 23.1 Å². The molecule has 1 heterocycles. The van der Waals surface area contributed by atoms with Gasteiger partial charge in [-0.05, 0) is 42.5 Å². The Morgan fingerprint density at radius 2 is 2.00 bits per heavy atom. The van der Waals surface area contributed by atoms with E-state index >= 15 is 0 Å². The van der Waals surface area contributed by atoms with E-state index in [0.29, 0.717) is 22.9 Å². The number of hydrogen-bond acceptors (Lipinski definition) is 5. The van der Waals surface area contributed by atoms with E-state index in [-0.39, 0.29) is 11.7 Å². The fraction of sp³-hybridized carbons (Fsp3) is 0.300. The summed E-state index contributed by atoms with van der Waals surface area (Å²) in [4.78, 5) is 21.5. The lowest BCUT2D eigenvalue weighted by Gasteiger charge is -2.20. The van der Waals surface area contributed by atoms with Gasteiger partial charge < -0.3 is 9.64 Å². The lowest BCUT2D eigenvalue weighted by Crippen LogP contribution is -3.06. The number of ether oxygens (including phenoxy) is 1. The fourth-order valence-corrected chi connectivity index (χ4v) is 4.37. The molecule has 5 nitrogen and oxygen atoms in total. The van der Waals surface area contributed by atoms with E-state index in [9.17, 15) is 9.18 Å². The molecule has 0 fully saturated rings. The van der Waals surface area contributed by atoms with Crippen molar-refractivity contribution in [2.24, 2.45) is 0 Å². The van der Waals surface area contributed by atoms with Gasteiger partial charge in [-0.2, -0.15) is 0 Å². The number of halogens is 1. The Kier molecular flexibility index (Phi) is 6.88. The molecule has 2 aromatic carbocycles. The molecule has 148 valence electrons. The molecular weight excluding hydrogens is 397 g/mol. The molecule has 0 saturated carbocycles. The van der Waals surface area contributed by atoms with Crippen LogP contribution in [0.5, 0.6) is 5.75 Å². The van der Waals surface area contributed by atoms with Crippen molar-refractivity contribution in [3.63, 3.8) is 0 Å². The van der Waals surface area contributed by atoms with Crippen LogP contribution in [0.1, 0.15) is 0 Å². The maximum Gasteiger partial charge on any atom is 0.239 e. The third-order valence-electron chi connectivity index (χ3n) is 4.13. The first kappa shape index (κ1) is 20.6. The summed E-state index contributed by atoms with van der Waals surface area (Å²) in [6.45, 7) is 1.36. The first-order valence-electron chi connectivity index (χ1n) is 8.88. The minimum absolute atomic E-state index is 0.0124. The Hall–Kier alpha value is -2.16. The van der Waals surface area contributed by atoms with Crippen LogP contribution in [0.4, 0.5) is 9.52 Å². The summed E-state index contributed by atoms with van der Waals surface area (Å²) in [6.07, 6.45) is 0. The Morgan fingerprint density at radius 3 is 2.68 bits per heavy atom. The van der Waals surface area contributed by atoms with Crippen LogP contribution in [-0.4, -0.2) is 50.9 Å². The predicted octanol–water partition coefficient (Wildman–Crippen LogP) is 2.71. The van der Waals surface area contributed by atoms with E-state index in [2.05, 4.69) is 4.98 Å². The summed E-state index contributed by atoms with van der Waals surface area (Å²) >= 11 is 2.82. The van der Waals surface area contributed by atoms with Gasteiger partial charge in [-0.25, -0.2) is 9.37 Å². The number of hydrogen-bond donors (Lipinski definition) is 1. The van der Waals surface area contributed by atoms with Crippen LogP contribution in [0, 0.1) is 5.82 Å². The normalized spacial score (nSPS) is 11.2. The molecule has 1 aromatic heterocycles. The molecule has 0 radical (unpaired) electrons. The van der Waals surface area contributed by atoms with Crippen LogP contribution < -0.4 is 14.5 Å². The standard InChI is InChI=1S/C20H22FN3O2S2/c1-23(2)10-11-24(20-22-17-9-4-14(21)12-18(17)28-20)19(25)13-27-16-7-5-15(26-3)6-8-16/h4-9,12H,10-11,13H2,1-3H3/p+1. The SMILES string of the molecule is COc1ccc(SCC(=O)N(CC[NH+](C)C)c2nc3ccc(F)cc3s2)cc1. The molecule has 3 rings (SSSR count). The highest BCUT2D eigenvalue weighted by Gasteiger charge is 2.21. The summed E-state index contributed by atoms with van der Waals surface area (Å²) in [5.74, 6) is 0.780. The maximum atomic E-state index is 13.5. The summed E-state index contributed by atoms with van der Waals surface area (Å²) in [6, 6.07) is 12.1. The number of likely N-dealkylation sites (N-methyl/N-ethyl adjacent to an activating group) is 1. The van der Waals surface area contributed by atoms with Crippen molar-refractivity contribution in [1.82, 2.24) is 4.98 Å². The lowest BCUT2D eigenvalue weighted by molar-refractivity contribution is -0.856. The van der Waals surface area contributed by atoms with Crippen molar-refractivity contribution in [1.29, 1.82) is 0 Å². The Balaban J connectivity index is 1.76. The zero-order chi connectivity index (χ0) is 20.1. The third-order valence-corrected chi connectivity index (χ3v) is 6.17. The first-order chi connectivity index (χ1) is 13.5. The zero-order valence-electron chi connectivity index (χ0n) is 16.1. The number of benzene rings is 2. The minimum atomic E-state index is -0.298. The van der Waals surface area contributed by atoms with E-state index in [1.54, 1.807) is 18.1 Å². The van der Waals surface area contributed by atoms with Gasteiger partial charge in [0.05, 0.1) is 50.3 Å². The van der Waals surface area contributed by atoms with E-state index in [1.807, 2.05) is 38.4 Å². The summed E-state index contributed by atoms with van der Waals surface area (Å²) in [5.41, 5.74) is 0.708. The van der Waals surface area contributed by atoms with Gasteiger partial charge in [0.1, 0.15) is 11.6 Å². The second kappa shape index (κ2) is 9.36. The number of anilines is 1. The van der Waals surface area contributed by atoms with Crippen molar-refractivity contribution in [2.75, 3.05) is 44.9 Å².